The number of hydrogen-bond acceptors (Lipinski definition) is 4. The van der Waals surface area contributed by atoms with Gasteiger partial charge in [0.15, 0.2) is 5.38 Å². The molecule has 1 fully saturated rings. The van der Waals surface area contributed by atoms with E-state index in [0.717, 1.165) is 16.0 Å². The van der Waals surface area contributed by atoms with Crippen molar-refractivity contribution in [3.05, 3.63) is 53.6 Å². The molecule has 1 heterocycles. The van der Waals surface area contributed by atoms with Crippen molar-refractivity contribution in [2.75, 3.05) is 12.0 Å². The van der Waals surface area contributed by atoms with E-state index in [9.17, 15) is 9.59 Å². The number of carbonyl (C=O) groups is 2. The van der Waals surface area contributed by atoms with E-state index in [2.05, 4.69) is 4.99 Å². The molecule has 2 aromatic carbocycles. The van der Waals surface area contributed by atoms with Crippen molar-refractivity contribution < 1.29 is 14.3 Å². The standard InChI is InChI=1S/C19H17ClN2O3/c1-11-4-9-15(12(2)10-11)21-17-16(20)18(23)22(19(17)24)13-5-7-14(25-3)8-6-13/h4-10,16H,1-3H3. The second kappa shape index (κ2) is 6.69. The molecule has 0 radical (unpaired) electrons. The van der Waals surface area contributed by atoms with Gasteiger partial charge in [0.05, 0.1) is 18.5 Å². The van der Waals surface area contributed by atoms with Crippen LogP contribution >= 0.6 is 11.6 Å². The third-order valence-electron chi connectivity index (χ3n) is 4.02. The van der Waals surface area contributed by atoms with Gasteiger partial charge in [-0.3, -0.25) is 9.59 Å². The highest BCUT2D eigenvalue weighted by molar-refractivity contribution is 6.68. The lowest BCUT2D eigenvalue weighted by atomic mass is 10.1. The van der Waals surface area contributed by atoms with Crippen LogP contribution in [0.1, 0.15) is 11.1 Å². The van der Waals surface area contributed by atoms with Gasteiger partial charge in [-0.2, -0.15) is 0 Å². The fourth-order valence-corrected chi connectivity index (χ4v) is 2.93. The van der Waals surface area contributed by atoms with Crippen LogP contribution < -0.4 is 9.64 Å². The molecule has 3 rings (SSSR count). The van der Waals surface area contributed by atoms with Crippen molar-refractivity contribution in [1.82, 2.24) is 0 Å². The molecule has 1 aliphatic heterocycles. The normalized spacial score (nSPS) is 19.0. The summed E-state index contributed by atoms with van der Waals surface area (Å²) in [6.07, 6.45) is 0. The number of methoxy groups -OCH3 is 1. The summed E-state index contributed by atoms with van der Waals surface area (Å²) in [6.45, 7) is 3.88. The van der Waals surface area contributed by atoms with Crippen molar-refractivity contribution in [1.29, 1.82) is 0 Å². The maximum atomic E-state index is 12.7. The Morgan fingerprint density at radius 3 is 2.36 bits per heavy atom. The first kappa shape index (κ1) is 17.2. The Balaban J connectivity index is 1.98. The van der Waals surface area contributed by atoms with Crippen LogP contribution in [0.4, 0.5) is 11.4 Å². The molecule has 25 heavy (non-hydrogen) atoms. The van der Waals surface area contributed by atoms with E-state index in [0.29, 0.717) is 17.1 Å². The number of halogens is 1. The number of benzene rings is 2. The highest BCUT2D eigenvalue weighted by Gasteiger charge is 2.44. The molecule has 1 aliphatic rings. The van der Waals surface area contributed by atoms with E-state index in [1.807, 2.05) is 32.0 Å². The van der Waals surface area contributed by atoms with Crippen LogP contribution in [-0.2, 0) is 9.59 Å². The summed E-state index contributed by atoms with van der Waals surface area (Å²) < 4.78 is 5.09. The van der Waals surface area contributed by atoms with Crippen LogP contribution in [0.15, 0.2) is 47.5 Å². The summed E-state index contributed by atoms with van der Waals surface area (Å²) in [5.74, 6) is -0.370. The number of imide groups is 1. The van der Waals surface area contributed by atoms with E-state index in [1.165, 1.54) is 0 Å². The zero-order valence-electron chi connectivity index (χ0n) is 14.1. The van der Waals surface area contributed by atoms with Gasteiger partial charge in [0.2, 0.25) is 0 Å². The van der Waals surface area contributed by atoms with Crippen molar-refractivity contribution >= 4 is 40.5 Å². The summed E-state index contributed by atoms with van der Waals surface area (Å²) in [7, 11) is 1.55. The number of alkyl halides is 1. The molecule has 0 spiro atoms. The molecule has 2 amide bonds. The van der Waals surface area contributed by atoms with Crippen molar-refractivity contribution in [3.8, 4) is 5.75 Å². The average Bonchev–Trinajstić information content (AvgIpc) is 2.81. The summed E-state index contributed by atoms with van der Waals surface area (Å²) >= 11 is 6.19. The monoisotopic (exact) mass is 356 g/mol. The summed E-state index contributed by atoms with van der Waals surface area (Å²) in [6, 6.07) is 12.3. The molecular formula is C19H17ClN2O3. The van der Waals surface area contributed by atoms with Gasteiger partial charge >= 0.3 is 0 Å². The first-order valence-electron chi connectivity index (χ1n) is 7.74. The molecule has 0 N–H and O–H groups in total. The van der Waals surface area contributed by atoms with Crippen molar-refractivity contribution in [2.45, 2.75) is 19.2 Å². The smallest absolute Gasteiger partial charge is 0.281 e. The average molecular weight is 357 g/mol. The lowest BCUT2D eigenvalue weighted by Crippen LogP contribution is -2.31. The largest absolute Gasteiger partial charge is 0.497 e. The fourth-order valence-electron chi connectivity index (χ4n) is 2.69. The minimum Gasteiger partial charge on any atom is -0.497 e. The van der Waals surface area contributed by atoms with Gasteiger partial charge in [-0.1, -0.05) is 17.7 Å². The molecule has 0 saturated carbocycles. The van der Waals surface area contributed by atoms with E-state index in [1.54, 1.807) is 31.4 Å². The maximum absolute atomic E-state index is 12.7. The number of rotatable bonds is 3. The summed E-state index contributed by atoms with van der Waals surface area (Å²) in [4.78, 5) is 30.6. The lowest BCUT2D eigenvalue weighted by Gasteiger charge is -2.13. The lowest BCUT2D eigenvalue weighted by molar-refractivity contribution is -0.120. The number of ether oxygens (including phenoxy) is 1. The Bertz CT molecular complexity index is 875. The van der Waals surface area contributed by atoms with E-state index in [-0.39, 0.29) is 5.71 Å². The number of nitrogens with zero attached hydrogens (tertiary/aromatic N) is 2. The molecule has 2 aromatic rings. The predicted octanol–water partition coefficient (Wildman–Crippen LogP) is 3.57. The molecule has 5 nitrogen and oxygen atoms in total. The topological polar surface area (TPSA) is 59.0 Å². The second-order valence-corrected chi connectivity index (χ2v) is 6.26. The van der Waals surface area contributed by atoms with Crippen LogP contribution in [0.2, 0.25) is 0 Å². The molecular weight excluding hydrogens is 340 g/mol. The zero-order chi connectivity index (χ0) is 18.1. The number of amides is 2. The molecule has 128 valence electrons. The molecule has 0 aliphatic carbocycles. The Morgan fingerprint density at radius 1 is 1.08 bits per heavy atom. The van der Waals surface area contributed by atoms with Crippen LogP contribution in [0.25, 0.3) is 0 Å². The maximum Gasteiger partial charge on any atom is 0.281 e. The van der Waals surface area contributed by atoms with Crippen LogP contribution in [0, 0.1) is 13.8 Å². The van der Waals surface area contributed by atoms with Gasteiger partial charge in [0.1, 0.15) is 11.5 Å². The zero-order valence-corrected chi connectivity index (χ0v) is 14.9. The van der Waals surface area contributed by atoms with Crippen molar-refractivity contribution in [2.24, 2.45) is 4.99 Å². The van der Waals surface area contributed by atoms with Crippen LogP contribution in [0.5, 0.6) is 5.75 Å². The number of anilines is 1. The Kier molecular flexibility index (Phi) is 4.59. The first-order chi connectivity index (χ1) is 11.9. The SMILES string of the molecule is COc1ccc(N2C(=O)C(=Nc3ccc(C)cc3C)C(Cl)C2=O)cc1. The van der Waals surface area contributed by atoms with Crippen LogP contribution in [-0.4, -0.2) is 30.0 Å². The predicted molar refractivity (Wildman–Crippen MR) is 98.1 cm³/mol. The summed E-state index contributed by atoms with van der Waals surface area (Å²) in [5, 5.41) is -1.10. The van der Waals surface area contributed by atoms with Gasteiger partial charge in [-0.05, 0) is 49.7 Å². The molecule has 1 unspecified atom stereocenters. The molecule has 1 saturated heterocycles. The second-order valence-electron chi connectivity index (χ2n) is 5.83. The fraction of sp³-hybridized carbons (Fsp3) is 0.211. The number of carbonyl (C=O) groups excluding carboxylic acids is 2. The van der Waals surface area contributed by atoms with Crippen molar-refractivity contribution in [3.63, 3.8) is 0 Å². The van der Waals surface area contributed by atoms with Gasteiger partial charge in [-0.15, -0.1) is 11.6 Å². The highest BCUT2D eigenvalue weighted by Crippen LogP contribution is 2.29. The number of aryl methyl sites for hydroxylation is 2. The van der Waals surface area contributed by atoms with Gasteiger partial charge in [0, 0.05) is 0 Å². The Labute approximate surface area is 150 Å². The van der Waals surface area contributed by atoms with Gasteiger partial charge < -0.3 is 4.74 Å². The molecule has 1 atom stereocenters. The van der Waals surface area contributed by atoms with Gasteiger partial charge in [-0.25, -0.2) is 9.89 Å². The van der Waals surface area contributed by atoms with E-state index < -0.39 is 17.2 Å². The molecule has 0 aromatic heterocycles. The number of hydrogen-bond donors (Lipinski definition) is 0. The summed E-state index contributed by atoms with van der Waals surface area (Å²) in [5.41, 5.74) is 3.11. The quantitative estimate of drug-likeness (QED) is 0.624. The minimum atomic E-state index is -1.10. The third-order valence-corrected chi connectivity index (χ3v) is 4.42. The minimum absolute atomic E-state index is 0.0365. The van der Waals surface area contributed by atoms with E-state index >= 15 is 0 Å². The Hall–Kier alpha value is -2.66. The Morgan fingerprint density at radius 2 is 1.76 bits per heavy atom. The first-order valence-corrected chi connectivity index (χ1v) is 8.18. The van der Waals surface area contributed by atoms with E-state index in [4.69, 9.17) is 16.3 Å². The number of aliphatic imine (C=N–C) groups is 1. The third kappa shape index (κ3) is 3.15. The highest BCUT2D eigenvalue weighted by atomic mass is 35.5. The molecule has 6 heteroatoms. The van der Waals surface area contributed by atoms with Gasteiger partial charge in [0.25, 0.3) is 11.8 Å². The molecule has 0 bridgehead atoms. The van der Waals surface area contributed by atoms with Crippen LogP contribution in [0.3, 0.4) is 0 Å².